The third-order valence-corrected chi connectivity index (χ3v) is 7.49. The number of nitrogens with zero attached hydrogens (tertiary/aromatic N) is 3. The molecular weight excluding hydrogens is 476 g/mol. The Kier molecular flexibility index (Phi) is 6.31. The highest BCUT2D eigenvalue weighted by Gasteiger charge is 2.30. The maximum absolute atomic E-state index is 12.9. The smallest absolute Gasteiger partial charge is 0.258 e. The zero-order valence-corrected chi connectivity index (χ0v) is 20.6. The van der Waals surface area contributed by atoms with Crippen LogP contribution in [0.4, 0.5) is 0 Å². The fourth-order valence-electron chi connectivity index (χ4n) is 4.40. The van der Waals surface area contributed by atoms with E-state index < -0.39 is 10.0 Å². The van der Waals surface area contributed by atoms with E-state index in [4.69, 9.17) is 9.26 Å². The molecule has 0 saturated heterocycles. The standard InChI is InChI=1S/C27H24N4O4S/c1-17(2)34-25-14-11-18(15-19(25)16-28)27-29-26(30-35-27)23-10-6-9-22-21(23)12-13-24(22)31-36(32,33)20-7-4-3-5-8-20/h3-11,14-15,17,24,31H,12-13H2,1-2H3/t24-/m1/s1. The summed E-state index contributed by atoms with van der Waals surface area (Å²) in [5.74, 6) is 1.20. The average molecular weight is 501 g/mol. The lowest BCUT2D eigenvalue weighted by Crippen LogP contribution is -2.27. The molecule has 5 rings (SSSR count). The summed E-state index contributed by atoms with van der Waals surface area (Å²) < 4.78 is 39.8. The van der Waals surface area contributed by atoms with Gasteiger partial charge in [-0.05, 0) is 68.1 Å². The van der Waals surface area contributed by atoms with E-state index in [0.717, 1.165) is 16.7 Å². The predicted molar refractivity (Wildman–Crippen MR) is 133 cm³/mol. The molecule has 0 radical (unpaired) electrons. The summed E-state index contributed by atoms with van der Waals surface area (Å²) >= 11 is 0. The third kappa shape index (κ3) is 4.61. The van der Waals surface area contributed by atoms with Gasteiger partial charge in [-0.15, -0.1) is 0 Å². The van der Waals surface area contributed by atoms with Crippen LogP contribution in [0.15, 0.2) is 76.1 Å². The van der Waals surface area contributed by atoms with Crippen LogP contribution in [0.25, 0.3) is 22.8 Å². The average Bonchev–Trinajstić information content (AvgIpc) is 3.52. The van der Waals surface area contributed by atoms with Gasteiger partial charge in [0.2, 0.25) is 15.8 Å². The molecule has 1 aliphatic carbocycles. The molecule has 0 amide bonds. The monoisotopic (exact) mass is 500 g/mol. The molecule has 9 heteroatoms. The van der Waals surface area contributed by atoms with Crippen molar-refractivity contribution in [1.82, 2.24) is 14.9 Å². The van der Waals surface area contributed by atoms with Crippen molar-refractivity contribution in [3.63, 3.8) is 0 Å². The highest BCUT2D eigenvalue weighted by molar-refractivity contribution is 7.89. The summed E-state index contributed by atoms with van der Waals surface area (Å²) in [5.41, 5.74) is 3.69. The van der Waals surface area contributed by atoms with Crippen LogP contribution in [0.1, 0.15) is 43.0 Å². The van der Waals surface area contributed by atoms with Crippen LogP contribution >= 0.6 is 0 Å². The normalized spacial score (nSPS) is 15.0. The molecule has 4 aromatic rings. The van der Waals surface area contributed by atoms with Crippen LogP contribution in [0.2, 0.25) is 0 Å². The van der Waals surface area contributed by atoms with Crippen molar-refractivity contribution in [2.24, 2.45) is 0 Å². The SMILES string of the molecule is CC(C)Oc1ccc(-c2nc(-c3cccc4c3CC[C@H]4NS(=O)(=O)c3ccccc3)no2)cc1C#N. The van der Waals surface area contributed by atoms with E-state index in [0.29, 0.717) is 35.5 Å². The van der Waals surface area contributed by atoms with E-state index in [9.17, 15) is 13.7 Å². The number of nitrogens with one attached hydrogen (secondary N) is 1. The van der Waals surface area contributed by atoms with Crippen molar-refractivity contribution >= 4 is 10.0 Å². The maximum Gasteiger partial charge on any atom is 0.258 e. The Morgan fingerprint density at radius 3 is 2.67 bits per heavy atom. The Labute approximate surface area is 209 Å². The highest BCUT2D eigenvalue weighted by atomic mass is 32.2. The first-order valence-electron chi connectivity index (χ1n) is 11.6. The topological polar surface area (TPSA) is 118 Å². The number of hydrogen-bond donors (Lipinski definition) is 1. The van der Waals surface area contributed by atoms with Gasteiger partial charge in [-0.25, -0.2) is 13.1 Å². The van der Waals surface area contributed by atoms with Gasteiger partial charge in [-0.3, -0.25) is 0 Å². The summed E-state index contributed by atoms with van der Waals surface area (Å²) in [4.78, 5) is 4.81. The zero-order valence-electron chi connectivity index (χ0n) is 19.8. The van der Waals surface area contributed by atoms with Crippen molar-refractivity contribution in [1.29, 1.82) is 5.26 Å². The van der Waals surface area contributed by atoms with Crippen LogP contribution in [-0.4, -0.2) is 24.7 Å². The molecule has 8 nitrogen and oxygen atoms in total. The summed E-state index contributed by atoms with van der Waals surface area (Å²) in [5, 5.41) is 13.7. The number of nitriles is 1. The molecule has 1 atom stereocenters. The van der Waals surface area contributed by atoms with Gasteiger partial charge in [0.15, 0.2) is 0 Å². The highest BCUT2D eigenvalue weighted by Crippen LogP contribution is 2.38. The van der Waals surface area contributed by atoms with Crippen molar-refractivity contribution < 1.29 is 17.7 Å². The molecule has 0 saturated carbocycles. The molecule has 36 heavy (non-hydrogen) atoms. The van der Waals surface area contributed by atoms with Crippen LogP contribution in [0.3, 0.4) is 0 Å². The van der Waals surface area contributed by atoms with E-state index in [-0.39, 0.29) is 22.9 Å². The van der Waals surface area contributed by atoms with E-state index in [1.54, 1.807) is 48.5 Å². The predicted octanol–water partition coefficient (Wildman–Crippen LogP) is 5.03. The van der Waals surface area contributed by atoms with Gasteiger partial charge in [-0.1, -0.05) is 41.6 Å². The third-order valence-electron chi connectivity index (χ3n) is 6.00. The van der Waals surface area contributed by atoms with E-state index in [1.165, 1.54) is 0 Å². The molecule has 182 valence electrons. The van der Waals surface area contributed by atoms with Crippen LogP contribution < -0.4 is 9.46 Å². The molecule has 1 N–H and O–H groups in total. The van der Waals surface area contributed by atoms with Gasteiger partial charge >= 0.3 is 0 Å². The first-order chi connectivity index (χ1) is 17.4. The second-order valence-corrected chi connectivity index (χ2v) is 10.5. The fraction of sp³-hybridized carbons (Fsp3) is 0.222. The molecule has 0 fully saturated rings. The Morgan fingerprint density at radius 1 is 1.11 bits per heavy atom. The quantitative estimate of drug-likeness (QED) is 0.378. The molecule has 1 aromatic heterocycles. The van der Waals surface area contributed by atoms with Crippen molar-refractivity contribution in [2.75, 3.05) is 0 Å². The molecule has 1 heterocycles. The number of sulfonamides is 1. The largest absolute Gasteiger partial charge is 0.490 e. The van der Waals surface area contributed by atoms with Gasteiger partial charge < -0.3 is 9.26 Å². The maximum atomic E-state index is 12.9. The van der Waals surface area contributed by atoms with E-state index in [2.05, 4.69) is 20.9 Å². The van der Waals surface area contributed by atoms with Gasteiger partial charge in [0.05, 0.1) is 16.6 Å². The summed E-state index contributed by atoms with van der Waals surface area (Å²) in [6, 6.07) is 21.0. The van der Waals surface area contributed by atoms with Gasteiger partial charge in [0, 0.05) is 17.2 Å². The van der Waals surface area contributed by atoms with Crippen LogP contribution in [0.5, 0.6) is 5.75 Å². The van der Waals surface area contributed by atoms with Gasteiger partial charge in [0.1, 0.15) is 11.8 Å². The lowest BCUT2D eigenvalue weighted by molar-refractivity contribution is 0.241. The van der Waals surface area contributed by atoms with E-state index >= 15 is 0 Å². The number of fused-ring (bicyclic) bond motifs is 1. The lowest BCUT2D eigenvalue weighted by Gasteiger charge is -2.15. The summed E-state index contributed by atoms with van der Waals surface area (Å²) in [7, 11) is -3.65. The second kappa shape index (κ2) is 9.57. The number of aromatic nitrogens is 2. The molecule has 0 bridgehead atoms. The van der Waals surface area contributed by atoms with Gasteiger partial charge in [-0.2, -0.15) is 10.2 Å². The Hall–Kier alpha value is -4.00. The minimum absolute atomic E-state index is 0.0564. The number of benzene rings is 3. The molecule has 0 unspecified atom stereocenters. The Morgan fingerprint density at radius 2 is 1.92 bits per heavy atom. The first kappa shape index (κ1) is 23.7. The lowest BCUT2D eigenvalue weighted by atomic mass is 10.0. The molecule has 0 aliphatic heterocycles. The van der Waals surface area contributed by atoms with Crippen LogP contribution in [-0.2, 0) is 16.4 Å². The van der Waals surface area contributed by atoms with Crippen LogP contribution in [0, 0.1) is 11.3 Å². The molecule has 3 aromatic carbocycles. The fourth-order valence-corrected chi connectivity index (χ4v) is 5.67. The number of ether oxygens (including phenoxy) is 1. The number of rotatable bonds is 7. The van der Waals surface area contributed by atoms with Crippen molar-refractivity contribution in [2.45, 2.75) is 43.7 Å². The minimum atomic E-state index is -3.65. The first-order valence-corrected chi connectivity index (χ1v) is 13.1. The minimum Gasteiger partial charge on any atom is -0.490 e. The summed E-state index contributed by atoms with van der Waals surface area (Å²) in [6.45, 7) is 3.80. The number of hydrogen-bond acceptors (Lipinski definition) is 7. The van der Waals surface area contributed by atoms with Gasteiger partial charge in [0.25, 0.3) is 5.89 Å². The van der Waals surface area contributed by atoms with E-state index in [1.807, 2.05) is 32.0 Å². The second-order valence-electron chi connectivity index (χ2n) is 8.81. The van der Waals surface area contributed by atoms with Crippen molar-refractivity contribution in [3.8, 4) is 34.7 Å². The molecule has 0 spiro atoms. The summed E-state index contributed by atoms with van der Waals surface area (Å²) in [6.07, 6.45) is 1.25. The van der Waals surface area contributed by atoms with Crippen molar-refractivity contribution in [3.05, 3.63) is 83.4 Å². The zero-order chi connectivity index (χ0) is 25.3. The molecule has 1 aliphatic rings. The Balaban J connectivity index is 1.42. The molecular formula is C27H24N4O4S. The Bertz CT molecular complexity index is 1560.